The second-order valence-electron chi connectivity index (χ2n) is 23.9. The summed E-state index contributed by atoms with van der Waals surface area (Å²) in [7, 11) is 1.01. The monoisotopic (exact) mass is 1380 g/mol. The number of aliphatic hydroxyl groups excluding tert-OH is 1. The number of primary amides is 1. The van der Waals surface area contributed by atoms with Crippen LogP contribution in [0.3, 0.4) is 0 Å². The molecule has 3 aliphatic rings. The van der Waals surface area contributed by atoms with Crippen LogP contribution in [-0.2, 0) is 83.7 Å². The zero-order valence-electron chi connectivity index (χ0n) is 55.3. The number of carbonyl (C=O) groups is 12. The number of nitrogens with two attached hydrogens (primary N) is 3. The molecule has 1 aromatic carbocycles. The van der Waals surface area contributed by atoms with Crippen molar-refractivity contribution in [3.8, 4) is 5.75 Å². The van der Waals surface area contributed by atoms with Crippen molar-refractivity contribution >= 4 is 107 Å². The topological polar surface area (TPSA) is 476 Å². The number of aliphatic imine (C=N–C) groups is 1. The summed E-state index contributed by atoms with van der Waals surface area (Å²) in [5.41, 5.74) is 18.4. The Labute approximate surface area is 561 Å². The Morgan fingerprint density at radius 2 is 1.29 bits per heavy atom. The van der Waals surface area contributed by atoms with Gasteiger partial charge in [-0.1, -0.05) is 65.6 Å². The van der Waals surface area contributed by atoms with Gasteiger partial charge in [0.1, 0.15) is 72.9 Å². The molecular formula is C61H97N15O17S2. The van der Waals surface area contributed by atoms with Crippen LogP contribution >= 0.6 is 23.5 Å². The third kappa shape index (κ3) is 27.0. The van der Waals surface area contributed by atoms with E-state index in [0.29, 0.717) is 50.0 Å². The van der Waals surface area contributed by atoms with Crippen LogP contribution in [0.25, 0.3) is 0 Å². The van der Waals surface area contributed by atoms with Gasteiger partial charge in [0.15, 0.2) is 5.96 Å². The number of hydrogen-bond donors (Lipinski definition) is 13. The molecule has 32 nitrogen and oxygen atoms in total. The number of nitrogens with zero attached hydrogens (tertiary/aromatic N) is 3. The van der Waals surface area contributed by atoms with Gasteiger partial charge in [-0.3, -0.25) is 62.6 Å². The molecule has 3 heterocycles. The van der Waals surface area contributed by atoms with Gasteiger partial charge in [-0.25, -0.2) is 4.79 Å². The lowest BCUT2D eigenvalue weighted by atomic mass is 9.97. The van der Waals surface area contributed by atoms with E-state index in [-0.39, 0.29) is 67.9 Å². The Bertz CT molecular complexity index is 2870. The number of rotatable bonds is 14. The van der Waals surface area contributed by atoms with Crippen LogP contribution < -0.4 is 69.8 Å². The molecule has 0 radical (unpaired) electrons. The van der Waals surface area contributed by atoms with E-state index in [1.807, 2.05) is 18.2 Å². The summed E-state index contributed by atoms with van der Waals surface area (Å²) >= 11 is 2.47. The second kappa shape index (κ2) is 41.1. The largest absolute Gasteiger partial charge is 0.494 e. The van der Waals surface area contributed by atoms with Crippen molar-refractivity contribution in [1.82, 2.24) is 52.8 Å². The molecule has 0 spiro atoms. The average molecular weight is 1380 g/mol. The predicted octanol–water partition coefficient (Wildman–Crippen LogP) is -1.73. The minimum absolute atomic E-state index is 0.00108. The van der Waals surface area contributed by atoms with Crippen LogP contribution in [-0.4, -0.2) is 205 Å². The number of carbonyl (C=O) groups excluding carboxylic acids is 12. The second-order valence-corrected chi connectivity index (χ2v) is 26.0. The highest BCUT2D eigenvalue weighted by Crippen LogP contribution is 2.27. The lowest BCUT2D eigenvalue weighted by Crippen LogP contribution is -2.62. The maximum absolute atomic E-state index is 14.9. The normalized spacial score (nSPS) is 26.0. The number of oxime groups is 1. The first-order valence-electron chi connectivity index (χ1n) is 32.0. The van der Waals surface area contributed by atoms with Gasteiger partial charge in [-0.05, 0) is 99.3 Å². The van der Waals surface area contributed by atoms with Gasteiger partial charge in [0, 0.05) is 36.1 Å². The summed E-state index contributed by atoms with van der Waals surface area (Å²) < 4.78 is 6.25. The molecular weight excluding hydrogens is 1280 g/mol. The maximum Gasteiger partial charge on any atom is 0.344 e. The van der Waals surface area contributed by atoms with Gasteiger partial charge in [0.25, 0.3) is 5.91 Å². The molecule has 11 amide bonds. The molecule has 1 aromatic rings. The van der Waals surface area contributed by atoms with E-state index in [1.165, 1.54) is 28.4 Å². The van der Waals surface area contributed by atoms with Crippen molar-refractivity contribution in [3.63, 3.8) is 0 Å². The van der Waals surface area contributed by atoms with Gasteiger partial charge in [0.2, 0.25) is 59.1 Å². The Kier molecular flexibility index (Phi) is 34.4. The number of hydrogen-bond acceptors (Lipinski definition) is 21. The molecule has 1 saturated heterocycles. The van der Waals surface area contributed by atoms with Crippen LogP contribution in [0.15, 0.2) is 28.3 Å². The van der Waals surface area contributed by atoms with E-state index in [0.717, 1.165) is 38.7 Å². The maximum atomic E-state index is 14.9. The fraction of sp³-hybridized carbons (Fsp3) is 0.672. The smallest absolute Gasteiger partial charge is 0.344 e. The number of aliphatic hydroxyl groups is 1. The summed E-state index contributed by atoms with van der Waals surface area (Å²) in [4.78, 5) is 188. The Morgan fingerprint density at radius 3 is 1.92 bits per heavy atom. The Hall–Kier alpha value is -7.98. The summed E-state index contributed by atoms with van der Waals surface area (Å²) in [5.74, 6) is -12.0. The van der Waals surface area contributed by atoms with Crippen molar-refractivity contribution in [1.29, 1.82) is 0 Å². The first-order chi connectivity index (χ1) is 45.2. The average Bonchev–Trinajstić information content (AvgIpc) is 1.78. The number of thioether (sulfide) groups is 2. The van der Waals surface area contributed by atoms with Crippen LogP contribution in [0.4, 0.5) is 0 Å². The van der Waals surface area contributed by atoms with Crippen LogP contribution in [0.1, 0.15) is 130 Å². The highest BCUT2D eigenvalue weighted by Gasteiger charge is 2.42. The Balaban J connectivity index is 1.86. The van der Waals surface area contributed by atoms with Crippen molar-refractivity contribution in [3.05, 3.63) is 29.3 Å². The molecule has 16 N–H and O–H groups in total. The number of amides is 11. The molecule has 95 heavy (non-hydrogen) atoms. The molecule has 0 saturated carbocycles. The third-order valence-corrected chi connectivity index (χ3v) is 18.2. The van der Waals surface area contributed by atoms with Gasteiger partial charge in [0.05, 0.1) is 32.8 Å². The highest BCUT2D eigenvalue weighted by molar-refractivity contribution is 7.98. The van der Waals surface area contributed by atoms with Gasteiger partial charge in [-0.2, -0.15) is 28.4 Å². The third-order valence-electron chi connectivity index (χ3n) is 16.0. The van der Waals surface area contributed by atoms with E-state index in [9.17, 15) is 62.6 Å². The number of guanidine groups is 1. The molecule has 1 fully saturated rings. The molecule has 4 rings (SSSR count). The minimum Gasteiger partial charge on any atom is -0.494 e. The summed E-state index contributed by atoms with van der Waals surface area (Å²) in [6.45, 7) is 11.2. The van der Waals surface area contributed by atoms with Crippen molar-refractivity contribution in [2.75, 3.05) is 51.5 Å². The number of benzene rings is 1. The van der Waals surface area contributed by atoms with Gasteiger partial charge >= 0.3 is 5.97 Å². The lowest BCUT2D eigenvalue weighted by molar-refractivity contribution is -0.255. The molecule has 530 valence electrons. The molecule has 4 bridgehead atoms. The minimum atomic E-state index is -1.92. The summed E-state index contributed by atoms with van der Waals surface area (Å²) in [6, 6.07) is -7.51. The number of nitrogens with one attached hydrogen (secondary N) is 9. The van der Waals surface area contributed by atoms with E-state index in [4.69, 9.17) is 26.8 Å². The van der Waals surface area contributed by atoms with Crippen molar-refractivity contribution in [2.45, 2.75) is 191 Å². The molecule has 0 aromatic heterocycles. The van der Waals surface area contributed by atoms with Crippen LogP contribution in [0, 0.1) is 17.8 Å². The molecule has 3 aliphatic heterocycles. The molecule has 0 aliphatic carbocycles. The highest BCUT2D eigenvalue weighted by atomic mass is 32.2. The molecule has 34 heteroatoms. The van der Waals surface area contributed by atoms with Gasteiger partial charge in [-0.15, -0.1) is 0 Å². The van der Waals surface area contributed by atoms with E-state index in [1.54, 1.807) is 41.5 Å². The molecule has 12 atom stereocenters. The SMILES string of the molecule is CC[C@@H](C)[C@@H]1NC(=O)/C=N/OCCCCCCOc2cc3cc(c2)CSC[C@H](NC1=O)C(=O)N[C@@H](CCCN=C(N)N)C(=O)N[C@@H]([C@@H](C)O)C(=O)N[C@@H](CC(=O)OOC)C(=O)NC(C(C)C)C(=O)N1CCC[C@H]1C(=O)N[C@@H]([C@@H](C)CC)C(=O)NCC(=O)N[C@H](C(N)=O)CSC3. The zero-order valence-corrected chi connectivity index (χ0v) is 57.0. The number of fused-ring (bicyclic) bond motifs is 6. The van der Waals surface area contributed by atoms with Crippen molar-refractivity contribution < 1.29 is 82.0 Å². The fourth-order valence-corrected chi connectivity index (χ4v) is 12.2. The molecule has 1 unspecified atom stereocenters. The van der Waals surface area contributed by atoms with E-state index in [2.05, 4.69) is 67.8 Å². The first kappa shape index (κ1) is 79.5. The number of ether oxygens (including phenoxy) is 1. The zero-order chi connectivity index (χ0) is 70.3. The van der Waals surface area contributed by atoms with E-state index < -0.39 is 162 Å². The standard InChI is InChI=1S/C61H97N15O17S2/c1-9-34(5)49-57(86)66-27-45(78)68-42(52(62)81)31-94-29-37-23-38-25-39(24-37)91-21-13-11-12-14-22-92-67-28-46(79)72-50(35(6)10-2)58(87)71-43(32-95-30-38)55(84)69-40(17-15-19-65-61(63)64)53(82)75-51(36(7)77)59(88)70-41(26-47(80)93-90-8)54(83)73-48(33(3)4)60(89)76-20-16-18-44(76)56(85)74-49/h23-25,28,33-36,40-44,48-51,77H,9-22,26-27,29-32H2,1-8H3,(H2,62,81)(H,66,86)(H,68,78)(H,69,84)(H,70,88)(H,71,87)(H,72,79)(H,73,83)(H,74,85)(H,75,82)(H4,63,64,65)/b67-28+/t34-,35+,36+,40-,41-,42-,43-,44-,48?,49-,50-,51-/m0/s1. The quantitative estimate of drug-likeness (QED) is 0.0324. The van der Waals surface area contributed by atoms with E-state index >= 15 is 0 Å². The van der Waals surface area contributed by atoms with Crippen molar-refractivity contribution in [2.24, 2.45) is 45.1 Å². The predicted molar refractivity (Wildman–Crippen MR) is 353 cm³/mol. The Morgan fingerprint density at radius 1 is 0.695 bits per heavy atom. The van der Waals surface area contributed by atoms with Crippen LogP contribution in [0.2, 0.25) is 0 Å². The summed E-state index contributed by atoms with van der Waals surface area (Å²) in [5, 5.41) is 38.3. The first-order valence-corrected chi connectivity index (χ1v) is 34.3. The lowest BCUT2D eigenvalue weighted by Gasteiger charge is -2.33. The van der Waals surface area contributed by atoms with Crippen LogP contribution in [0.5, 0.6) is 5.75 Å². The summed E-state index contributed by atoms with van der Waals surface area (Å²) in [6.07, 6.45) is 2.15. The van der Waals surface area contributed by atoms with Gasteiger partial charge < -0.3 is 84.6 Å². The fourth-order valence-electron chi connectivity index (χ4n) is 10.2.